The topological polar surface area (TPSA) is 52.2 Å². The zero-order valence-electron chi connectivity index (χ0n) is 22.3. The highest BCUT2D eigenvalue weighted by Gasteiger charge is 2.27. The van der Waals surface area contributed by atoms with Gasteiger partial charge in [0.05, 0.1) is 28.4 Å². The molecule has 1 aliphatic rings. The fraction of sp³-hybridized carbons (Fsp3) is 0.586. The minimum Gasteiger partial charge on any atom is -0.493 e. The Morgan fingerprint density at radius 2 is 1.63 bits per heavy atom. The molecule has 0 spiro atoms. The van der Waals surface area contributed by atoms with Crippen LogP contribution >= 0.6 is 0 Å². The second-order valence-electron chi connectivity index (χ2n) is 9.29. The van der Waals surface area contributed by atoms with Gasteiger partial charge in [-0.2, -0.15) is 0 Å². The summed E-state index contributed by atoms with van der Waals surface area (Å²) in [4.78, 5) is 0. The molecule has 2 aromatic carbocycles. The van der Waals surface area contributed by atoms with Crippen LogP contribution in [0, 0.1) is 0 Å². The number of fused-ring (bicyclic) bond motifs is 1. The quantitative estimate of drug-likeness (QED) is 0.262. The molecule has 6 nitrogen and oxygen atoms in total. The van der Waals surface area contributed by atoms with E-state index in [1.807, 2.05) is 12.1 Å². The summed E-state index contributed by atoms with van der Waals surface area (Å²) in [7, 11) is 6.81. The van der Waals surface area contributed by atoms with Crippen LogP contribution < -0.4 is 24.4 Å². The van der Waals surface area contributed by atoms with Gasteiger partial charge in [0.25, 0.3) is 0 Å². The maximum Gasteiger partial charge on any atom is 0.164 e. The average molecular weight is 485 g/mol. The van der Waals surface area contributed by atoms with Crippen LogP contribution in [-0.4, -0.2) is 52.6 Å². The molecule has 0 fully saturated rings. The fourth-order valence-corrected chi connectivity index (χ4v) is 5.08. The molecular weight excluding hydrogens is 440 g/mol. The Morgan fingerprint density at radius 3 is 2.34 bits per heavy atom. The van der Waals surface area contributed by atoms with Gasteiger partial charge < -0.3 is 18.9 Å². The van der Waals surface area contributed by atoms with E-state index in [0.717, 1.165) is 68.2 Å². The van der Waals surface area contributed by atoms with Gasteiger partial charge in [-0.3, -0.25) is 5.43 Å². The monoisotopic (exact) mass is 484 g/mol. The predicted molar refractivity (Wildman–Crippen MR) is 142 cm³/mol. The number of hydrogen-bond donors (Lipinski definition) is 1. The number of hydrazine groups is 1. The Labute approximate surface area is 211 Å². The van der Waals surface area contributed by atoms with Crippen LogP contribution in [0.1, 0.15) is 62.1 Å². The van der Waals surface area contributed by atoms with Crippen molar-refractivity contribution in [3.63, 3.8) is 0 Å². The zero-order valence-corrected chi connectivity index (χ0v) is 22.3. The van der Waals surface area contributed by atoms with Crippen molar-refractivity contribution in [1.29, 1.82) is 0 Å². The standard InChI is InChI=1S/C29H44N2O4/c1-6-7-8-9-19-31(30-18-10-11-22-12-16-26(32-2)28(20-22)34-4)24-14-15-25-23(21-24)13-17-27(33-3)29(25)35-5/h12-13,16-17,20,24,30H,6-11,14-15,18-19,21H2,1-5H3. The Kier molecular flexibility index (Phi) is 11.0. The van der Waals surface area contributed by atoms with Crippen LogP contribution in [0.3, 0.4) is 0 Å². The Morgan fingerprint density at radius 1 is 0.857 bits per heavy atom. The lowest BCUT2D eigenvalue weighted by molar-refractivity contribution is 0.108. The van der Waals surface area contributed by atoms with Crippen LogP contribution in [0.4, 0.5) is 0 Å². The molecule has 35 heavy (non-hydrogen) atoms. The minimum atomic E-state index is 0.489. The first-order valence-electron chi connectivity index (χ1n) is 13.1. The first-order chi connectivity index (χ1) is 17.1. The van der Waals surface area contributed by atoms with E-state index in [9.17, 15) is 0 Å². The van der Waals surface area contributed by atoms with Gasteiger partial charge in [0, 0.05) is 24.7 Å². The summed E-state index contributed by atoms with van der Waals surface area (Å²) in [5, 5.41) is 2.52. The number of nitrogens with zero attached hydrogens (tertiary/aromatic N) is 1. The van der Waals surface area contributed by atoms with Crippen molar-refractivity contribution in [2.24, 2.45) is 0 Å². The number of nitrogens with one attached hydrogen (secondary N) is 1. The van der Waals surface area contributed by atoms with Gasteiger partial charge in [0.2, 0.25) is 0 Å². The summed E-state index contributed by atoms with van der Waals surface area (Å²) in [5.41, 5.74) is 7.75. The van der Waals surface area contributed by atoms with Crippen molar-refractivity contribution in [2.75, 3.05) is 41.5 Å². The molecular formula is C29H44N2O4. The SMILES string of the molecule is CCCCCCN(NCCCc1ccc(OC)c(OC)c1)C1CCc2c(ccc(OC)c2OC)C1. The van der Waals surface area contributed by atoms with E-state index in [1.54, 1.807) is 28.4 Å². The highest BCUT2D eigenvalue weighted by atomic mass is 16.5. The van der Waals surface area contributed by atoms with E-state index < -0.39 is 0 Å². The maximum absolute atomic E-state index is 5.70. The zero-order chi connectivity index (χ0) is 25.0. The molecule has 0 amide bonds. The molecule has 1 unspecified atom stereocenters. The van der Waals surface area contributed by atoms with Gasteiger partial charge in [-0.15, -0.1) is 0 Å². The Balaban J connectivity index is 1.60. The molecule has 0 aliphatic heterocycles. The first-order valence-corrected chi connectivity index (χ1v) is 13.1. The normalized spacial score (nSPS) is 15.1. The number of unbranched alkanes of at least 4 members (excludes halogenated alkanes) is 3. The third kappa shape index (κ3) is 7.28. The Hall–Kier alpha value is -2.44. The molecule has 0 bridgehead atoms. The number of aryl methyl sites for hydroxylation is 1. The predicted octanol–water partition coefficient (Wildman–Crippen LogP) is 5.60. The highest BCUT2D eigenvalue weighted by molar-refractivity contribution is 5.52. The second kappa shape index (κ2) is 14.2. The number of hydrogen-bond acceptors (Lipinski definition) is 6. The molecule has 194 valence electrons. The molecule has 0 heterocycles. The smallest absolute Gasteiger partial charge is 0.164 e. The lowest BCUT2D eigenvalue weighted by Crippen LogP contribution is -2.49. The molecule has 0 aromatic heterocycles. The molecule has 0 saturated heterocycles. The van der Waals surface area contributed by atoms with E-state index >= 15 is 0 Å². The number of methoxy groups -OCH3 is 4. The van der Waals surface area contributed by atoms with E-state index in [1.165, 1.54) is 42.4 Å². The van der Waals surface area contributed by atoms with Gasteiger partial charge in [-0.05, 0) is 67.9 Å². The van der Waals surface area contributed by atoms with Crippen LogP contribution in [0.5, 0.6) is 23.0 Å². The van der Waals surface area contributed by atoms with Gasteiger partial charge in [-0.1, -0.05) is 38.3 Å². The number of ether oxygens (including phenoxy) is 4. The molecule has 1 aliphatic carbocycles. The first kappa shape index (κ1) is 27.2. The summed E-state index contributed by atoms with van der Waals surface area (Å²) in [5.74, 6) is 3.30. The van der Waals surface area contributed by atoms with Crippen molar-refractivity contribution < 1.29 is 18.9 Å². The molecule has 1 N–H and O–H groups in total. The van der Waals surface area contributed by atoms with Crippen molar-refractivity contribution >= 4 is 0 Å². The third-order valence-electron chi connectivity index (χ3n) is 7.03. The van der Waals surface area contributed by atoms with Crippen molar-refractivity contribution in [3.05, 3.63) is 47.0 Å². The fourth-order valence-electron chi connectivity index (χ4n) is 5.08. The molecule has 1 atom stereocenters. The van der Waals surface area contributed by atoms with Crippen LogP contribution in [0.2, 0.25) is 0 Å². The largest absolute Gasteiger partial charge is 0.493 e. The minimum absolute atomic E-state index is 0.489. The van der Waals surface area contributed by atoms with E-state index in [4.69, 9.17) is 18.9 Å². The molecule has 6 heteroatoms. The lowest BCUT2D eigenvalue weighted by Gasteiger charge is -2.36. The summed E-state index contributed by atoms with van der Waals surface area (Å²) in [6.07, 6.45) is 10.3. The van der Waals surface area contributed by atoms with E-state index in [-0.39, 0.29) is 0 Å². The molecule has 3 rings (SSSR count). The maximum atomic E-state index is 5.70. The second-order valence-corrected chi connectivity index (χ2v) is 9.29. The summed E-state index contributed by atoms with van der Waals surface area (Å²) in [6.45, 7) is 4.31. The number of rotatable bonds is 15. The number of benzene rings is 2. The average Bonchev–Trinajstić information content (AvgIpc) is 2.90. The van der Waals surface area contributed by atoms with Gasteiger partial charge in [0.1, 0.15) is 0 Å². The summed E-state index contributed by atoms with van der Waals surface area (Å²) >= 11 is 0. The van der Waals surface area contributed by atoms with Crippen molar-refractivity contribution in [3.8, 4) is 23.0 Å². The summed E-state index contributed by atoms with van der Waals surface area (Å²) < 4.78 is 22.0. The molecule has 0 saturated carbocycles. The lowest BCUT2D eigenvalue weighted by atomic mass is 9.87. The third-order valence-corrected chi connectivity index (χ3v) is 7.03. The van der Waals surface area contributed by atoms with E-state index in [0.29, 0.717) is 6.04 Å². The van der Waals surface area contributed by atoms with Crippen LogP contribution in [0.15, 0.2) is 30.3 Å². The van der Waals surface area contributed by atoms with E-state index in [2.05, 4.69) is 35.6 Å². The van der Waals surface area contributed by atoms with Crippen molar-refractivity contribution in [2.45, 2.75) is 70.8 Å². The van der Waals surface area contributed by atoms with Gasteiger partial charge in [0.15, 0.2) is 23.0 Å². The van der Waals surface area contributed by atoms with Crippen LogP contribution in [-0.2, 0) is 19.3 Å². The van der Waals surface area contributed by atoms with Gasteiger partial charge >= 0.3 is 0 Å². The Bertz CT molecular complexity index is 918. The molecule has 0 radical (unpaired) electrons. The summed E-state index contributed by atoms with van der Waals surface area (Å²) in [6, 6.07) is 11.0. The van der Waals surface area contributed by atoms with Crippen LogP contribution in [0.25, 0.3) is 0 Å². The van der Waals surface area contributed by atoms with Gasteiger partial charge in [-0.25, -0.2) is 5.01 Å². The van der Waals surface area contributed by atoms with Crippen molar-refractivity contribution in [1.82, 2.24) is 10.4 Å². The molecule has 2 aromatic rings. The highest BCUT2D eigenvalue weighted by Crippen LogP contribution is 2.38.